The van der Waals surface area contributed by atoms with Crippen molar-refractivity contribution in [2.75, 3.05) is 0 Å². The first-order valence-corrected chi connectivity index (χ1v) is 9.21. The summed E-state index contributed by atoms with van der Waals surface area (Å²) in [5.41, 5.74) is 2.41. The van der Waals surface area contributed by atoms with Gasteiger partial charge in [0.15, 0.2) is 0 Å². The molecule has 0 saturated carbocycles. The Morgan fingerprint density at radius 1 is 1.11 bits per heavy atom. The lowest BCUT2D eigenvalue weighted by atomic mass is 9.99. The predicted molar refractivity (Wildman–Crippen MR) is 109 cm³/mol. The molecule has 0 spiro atoms. The second-order valence-corrected chi connectivity index (χ2v) is 7.38. The number of nitrogens with zero attached hydrogens (tertiary/aromatic N) is 1. The average Bonchev–Trinajstić information content (AvgIpc) is 3.05. The van der Waals surface area contributed by atoms with Crippen LogP contribution in [0.2, 0.25) is 5.02 Å². The molecule has 0 aliphatic heterocycles. The maximum Gasteiger partial charge on any atom is 0.150 e. The van der Waals surface area contributed by atoms with Gasteiger partial charge < -0.3 is 9.72 Å². The van der Waals surface area contributed by atoms with Crippen molar-refractivity contribution in [2.45, 2.75) is 20.0 Å². The van der Waals surface area contributed by atoms with Crippen molar-refractivity contribution < 1.29 is 9.53 Å². The highest BCUT2D eigenvalue weighted by Crippen LogP contribution is 2.32. The van der Waals surface area contributed by atoms with Gasteiger partial charge in [-0.15, -0.1) is 0 Å². The van der Waals surface area contributed by atoms with Crippen molar-refractivity contribution in [3.8, 4) is 5.75 Å². The van der Waals surface area contributed by atoms with Gasteiger partial charge in [0, 0.05) is 28.9 Å². The third-order valence-electron chi connectivity index (χ3n) is 4.67. The topological polar surface area (TPSA) is 55.0 Å². The smallest absolute Gasteiger partial charge is 0.150 e. The van der Waals surface area contributed by atoms with Crippen LogP contribution >= 0.6 is 11.6 Å². The van der Waals surface area contributed by atoms with E-state index in [0.29, 0.717) is 10.6 Å². The Balaban J connectivity index is 1.69. The van der Waals surface area contributed by atoms with Gasteiger partial charge in [0.2, 0.25) is 0 Å². The first-order valence-electron chi connectivity index (χ1n) is 8.83. The number of halogens is 1. The molecule has 2 heterocycles. The van der Waals surface area contributed by atoms with E-state index >= 15 is 0 Å². The molecule has 0 saturated heterocycles. The summed E-state index contributed by atoms with van der Waals surface area (Å²) >= 11 is 6.24. The molecule has 0 bridgehead atoms. The molecule has 0 aliphatic rings. The van der Waals surface area contributed by atoms with Crippen LogP contribution in [-0.2, 0) is 0 Å². The van der Waals surface area contributed by atoms with Gasteiger partial charge in [0.05, 0.1) is 5.02 Å². The quantitative estimate of drug-likeness (QED) is 0.436. The van der Waals surface area contributed by atoms with E-state index in [1.54, 1.807) is 6.20 Å². The number of fused-ring (bicyclic) bond motifs is 2. The monoisotopic (exact) mass is 378 g/mol. The standard InChI is InChI=1S/C22H19ClN2O2/c1-13(2)21(17-9-19-20(23)11-25-22(19)24-10-17)27-18-6-5-15-7-14(12-26)3-4-16(15)8-18/h3-13,21H,1-2H3,(H,24,25). The Bertz CT molecular complexity index is 1130. The summed E-state index contributed by atoms with van der Waals surface area (Å²) < 4.78 is 6.33. The average molecular weight is 379 g/mol. The molecule has 0 fully saturated rings. The second kappa shape index (κ2) is 7.05. The number of H-pyrrole nitrogens is 1. The van der Waals surface area contributed by atoms with Gasteiger partial charge in [-0.1, -0.05) is 43.6 Å². The lowest BCUT2D eigenvalue weighted by Gasteiger charge is -2.23. The van der Waals surface area contributed by atoms with Crippen molar-refractivity contribution in [2.24, 2.45) is 5.92 Å². The Kier molecular flexibility index (Phi) is 4.58. The minimum absolute atomic E-state index is 0.153. The van der Waals surface area contributed by atoms with Crippen molar-refractivity contribution in [1.29, 1.82) is 0 Å². The zero-order valence-electron chi connectivity index (χ0n) is 15.1. The second-order valence-electron chi connectivity index (χ2n) is 6.97. The fourth-order valence-electron chi connectivity index (χ4n) is 3.27. The molecule has 0 radical (unpaired) electrons. The summed E-state index contributed by atoms with van der Waals surface area (Å²) in [5.74, 6) is 1.02. The number of hydrogen-bond acceptors (Lipinski definition) is 3. The summed E-state index contributed by atoms with van der Waals surface area (Å²) in [7, 11) is 0. The number of ether oxygens (including phenoxy) is 1. The van der Waals surface area contributed by atoms with Crippen molar-refractivity contribution in [3.63, 3.8) is 0 Å². The van der Waals surface area contributed by atoms with Crippen LogP contribution in [0.1, 0.15) is 35.9 Å². The minimum atomic E-state index is -0.153. The van der Waals surface area contributed by atoms with E-state index in [9.17, 15) is 4.79 Å². The number of aromatic amines is 1. The fraction of sp³-hybridized carbons (Fsp3) is 0.182. The van der Waals surface area contributed by atoms with Gasteiger partial charge in [-0.05, 0) is 41.0 Å². The number of benzene rings is 2. The zero-order valence-corrected chi connectivity index (χ0v) is 15.8. The molecule has 5 heteroatoms. The van der Waals surface area contributed by atoms with E-state index in [2.05, 4.69) is 23.8 Å². The molecular weight excluding hydrogens is 360 g/mol. The number of rotatable bonds is 5. The van der Waals surface area contributed by atoms with Gasteiger partial charge >= 0.3 is 0 Å². The highest BCUT2D eigenvalue weighted by molar-refractivity contribution is 6.35. The molecule has 4 aromatic rings. The molecule has 2 aromatic carbocycles. The van der Waals surface area contributed by atoms with Gasteiger partial charge in [0.1, 0.15) is 23.8 Å². The molecule has 0 aliphatic carbocycles. The van der Waals surface area contributed by atoms with Crippen molar-refractivity contribution >= 4 is 39.7 Å². The summed E-state index contributed by atoms with van der Waals surface area (Å²) in [4.78, 5) is 18.5. The molecule has 4 rings (SSSR count). The maximum absolute atomic E-state index is 10.9. The third-order valence-corrected chi connectivity index (χ3v) is 4.98. The molecule has 136 valence electrons. The number of carbonyl (C=O) groups excluding carboxylic acids is 1. The molecule has 27 heavy (non-hydrogen) atoms. The number of carbonyl (C=O) groups is 1. The van der Waals surface area contributed by atoms with Crippen LogP contribution in [0.25, 0.3) is 21.8 Å². The van der Waals surface area contributed by atoms with Gasteiger partial charge in [-0.2, -0.15) is 0 Å². The Morgan fingerprint density at radius 2 is 1.89 bits per heavy atom. The van der Waals surface area contributed by atoms with E-state index in [-0.39, 0.29) is 12.0 Å². The summed E-state index contributed by atoms with van der Waals surface area (Å²) in [5, 5.41) is 3.58. The minimum Gasteiger partial charge on any atom is -0.485 e. The van der Waals surface area contributed by atoms with Crippen molar-refractivity contribution in [3.05, 3.63) is 71.0 Å². The largest absolute Gasteiger partial charge is 0.485 e. The van der Waals surface area contributed by atoms with Crippen LogP contribution < -0.4 is 4.74 Å². The number of aromatic nitrogens is 2. The van der Waals surface area contributed by atoms with E-state index in [1.165, 1.54) is 0 Å². The van der Waals surface area contributed by atoms with E-state index in [0.717, 1.165) is 39.4 Å². The molecular formula is C22H19ClN2O2. The molecule has 1 unspecified atom stereocenters. The fourth-order valence-corrected chi connectivity index (χ4v) is 3.47. The van der Waals surface area contributed by atoms with E-state index in [1.807, 2.05) is 48.7 Å². The summed E-state index contributed by atoms with van der Waals surface area (Å²) in [6, 6.07) is 13.5. The van der Waals surface area contributed by atoms with Crippen LogP contribution in [0.15, 0.2) is 54.9 Å². The van der Waals surface area contributed by atoms with E-state index < -0.39 is 0 Å². The summed E-state index contributed by atoms with van der Waals surface area (Å²) in [6.45, 7) is 4.23. The van der Waals surface area contributed by atoms with Crippen LogP contribution in [0, 0.1) is 5.92 Å². The van der Waals surface area contributed by atoms with Crippen LogP contribution in [-0.4, -0.2) is 16.3 Å². The van der Waals surface area contributed by atoms with Gasteiger partial charge in [0.25, 0.3) is 0 Å². The molecule has 1 atom stereocenters. The van der Waals surface area contributed by atoms with Crippen LogP contribution in [0.4, 0.5) is 0 Å². The first kappa shape index (κ1) is 17.6. The first-order chi connectivity index (χ1) is 13.0. The zero-order chi connectivity index (χ0) is 19.0. The maximum atomic E-state index is 10.9. The van der Waals surface area contributed by atoms with Crippen LogP contribution in [0.3, 0.4) is 0 Å². The Labute approximate surface area is 162 Å². The summed E-state index contributed by atoms with van der Waals surface area (Å²) in [6.07, 6.45) is 4.27. The van der Waals surface area contributed by atoms with Gasteiger partial charge in [-0.3, -0.25) is 4.79 Å². The number of aldehydes is 1. The number of hydrogen-bond donors (Lipinski definition) is 1. The third kappa shape index (κ3) is 3.40. The Morgan fingerprint density at radius 3 is 2.67 bits per heavy atom. The molecule has 1 N–H and O–H groups in total. The van der Waals surface area contributed by atoms with E-state index in [4.69, 9.17) is 16.3 Å². The highest BCUT2D eigenvalue weighted by atomic mass is 35.5. The van der Waals surface area contributed by atoms with Crippen LogP contribution in [0.5, 0.6) is 5.75 Å². The highest BCUT2D eigenvalue weighted by Gasteiger charge is 2.20. The number of nitrogens with one attached hydrogen (secondary N) is 1. The molecule has 4 nitrogen and oxygen atoms in total. The molecule has 2 aromatic heterocycles. The predicted octanol–water partition coefficient (Wildman–Crippen LogP) is 5.96. The molecule has 0 amide bonds. The lowest BCUT2D eigenvalue weighted by molar-refractivity contribution is 0.112. The van der Waals surface area contributed by atoms with Crippen molar-refractivity contribution in [1.82, 2.24) is 9.97 Å². The SMILES string of the molecule is CC(C)C(Oc1ccc2cc(C=O)ccc2c1)c1cnc2[nH]cc(Cl)c2c1. The lowest BCUT2D eigenvalue weighted by Crippen LogP contribution is -2.14. The normalized spacial score (nSPS) is 12.6. The Hall–Kier alpha value is -2.85. The van der Waals surface area contributed by atoms with Gasteiger partial charge in [-0.25, -0.2) is 4.98 Å². The number of pyridine rings is 1.